The average Bonchev–Trinajstić information content (AvgIpc) is 3.10. The van der Waals surface area contributed by atoms with Crippen molar-refractivity contribution in [3.05, 3.63) is 58.2 Å². The molecule has 53 heavy (non-hydrogen) atoms. The molecule has 3 amide bonds. The minimum absolute atomic E-state index is 0.0457. The summed E-state index contributed by atoms with van der Waals surface area (Å²) in [5.41, 5.74) is 5.13. The van der Waals surface area contributed by atoms with Crippen molar-refractivity contribution in [2.75, 3.05) is 78.0 Å². The number of hydrogen-bond donors (Lipinski definition) is 3. The Labute approximate surface area is 321 Å². The molecule has 296 valence electrons. The van der Waals surface area contributed by atoms with Crippen LogP contribution in [-0.2, 0) is 42.8 Å². The summed E-state index contributed by atoms with van der Waals surface area (Å²) in [5.74, 6) is -1.19. The normalized spacial score (nSPS) is 12.4. The van der Waals surface area contributed by atoms with Gasteiger partial charge in [-0.15, -0.1) is 0 Å². The quantitative estimate of drug-likeness (QED) is 0.0961. The number of esters is 1. The Morgan fingerprint density at radius 1 is 0.868 bits per heavy atom. The van der Waals surface area contributed by atoms with Crippen LogP contribution < -0.4 is 21.3 Å². The summed E-state index contributed by atoms with van der Waals surface area (Å²) in [6, 6.07) is 7.87. The van der Waals surface area contributed by atoms with Crippen LogP contribution in [0.1, 0.15) is 58.1 Å². The lowest BCUT2D eigenvalue weighted by Gasteiger charge is -2.26. The molecule has 0 bridgehead atoms. The molecule has 0 fully saturated rings. The van der Waals surface area contributed by atoms with E-state index in [-0.39, 0.29) is 39.2 Å². The maximum atomic E-state index is 13.6. The molecule has 0 spiro atoms. The summed E-state index contributed by atoms with van der Waals surface area (Å²) < 4.78 is 32.3. The van der Waals surface area contributed by atoms with Crippen LogP contribution in [0.2, 0.25) is 10.0 Å². The molecular formula is C36H53Cl2N5O10. The molecule has 1 aromatic carbocycles. The number of rotatable bonds is 25. The number of nitrogens with two attached hydrogens (primary N) is 1. The standard InChI is InChI=1S/C36H53Cl2N5O10/c1-36(2,3)53-35(47)43(31-9-5-7-12-40-31)13-8-6-10-32(44)41-30(25-52-20-19-51-18-17-50-16-15-49-14-11-39)34(46)42-29(24-33(45)48-4)26-21-27(37)23-28(38)22-26/h5,7,9,12,21-23,29-30H,6,8,10-11,13-20,24-25,39H2,1-4H3,(H,41,44)(H,42,46)/t29?,30-/m0/s1. The molecule has 17 heteroatoms. The van der Waals surface area contributed by atoms with Crippen LogP contribution in [0.5, 0.6) is 0 Å². The maximum absolute atomic E-state index is 13.6. The smallest absolute Gasteiger partial charge is 0.416 e. The number of nitrogens with one attached hydrogen (secondary N) is 2. The fourth-order valence-corrected chi connectivity index (χ4v) is 5.17. The Hall–Kier alpha value is -3.57. The Morgan fingerprint density at radius 2 is 1.49 bits per heavy atom. The summed E-state index contributed by atoms with van der Waals surface area (Å²) in [6.07, 6.45) is 1.67. The van der Waals surface area contributed by atoms with Crippen LogP contribution in [0.4, 0.5) is 10.6 Å². The first kappa shape index (κ1) is 45.6. The van der Waals surface area contributed by atoms with Gasteiger partial charge >= 0.3 is 12.1 Å². The van der Waals surface area contributed by atoms with E-state index in [1.54, 1.807) is 57.3 Å². The Bertz CT molecular complexity index is 1380. The number of nitrogens with zero attached hydrogens (tertiary/aromatic N) is 2. The molecule has 4 N–H and O–H groups in total. The van der Waals surface area contributed by atoms with E-state index in [2.05, 4.69) is 15.6 Å². The number of halogens is 2. The Morgan fingerprint density at radius 3 is 2.06 bits per heavy atom. The average molecular weight is 787 g/mol. The third-order valence-corrected chi connectivity index (χ3v) is 7.53. The molecule has 0 radical (unpaired) electrons. The molecule has 0 aliphatic carbocycles. The highest BCUT2D eigenvalue weighted by molar-refractivity contribution is 6.34. The topological polar surface area (TPSA) is 190 Å². The summed E-state index contributed by atoms with van der Waals surface area (Å²) in [7, 11) is 1.23. The van der Waals surface area contributed by atoms with Gasteiger partial charge in [-0.25, -0.2) is 9.78 Å². The van der Waals surface area contributed by atoms with Crippen molar-refractivity contribution in [3.8, 4) is 0 Å². The SMILES string of the molecule is COC(=O)CC(NC(=O)[C@H](COCCOCCOCCOCCN)NC(=O)CCCCN(C(=O)OC(C)(C)C)c1ccccn1)c1cc(Cl)cc(Cl)c1. The number of carbonyl (C=O) groups is 4. The third kappa shape index (κ3) is 19.9. The van der Waals surface area contributed by atoms with Crippen LogP contribution in [0, 0.1) is 0 Å². The second-order valence-corrected chi connectivity index (χ2v) is 13.5. The Balaban J connectivity index is 2.03. The van der Waals surface area contributed by atoms with Gasteiger partial charge in [-0.2, -0.15) is 0 Å². The minimum Gasteiger partial charge on any atom is -0.469 e. The highest BCUT2D eigenvalue weighted by Crippen LogP contribution is 2.26. The number of amides is 3. The van der Waals surface area contributed by atoms with E-state index in [9.17, 15) is 19.2 Å². The fourth-order valence-electron chi connectivity index (χ4n) is 4.63. The van der Waals surface area contributed by atoms with Gasteiger partial charge in [0.15, 0.2) is 0 Å². The zero-order valence-electron chi connectivity index (χ0n) is 30.9. The zero-order chi connectivity index (χ0) is 39.1. The van der Waals surface area contributed by atoms with Crippen molar-refractivity contribution in [2.24, 2.45) is 5.73 Å². The minimum atomic E-state index is -1.14. The van der Waals surface area contributed by atoms with Crippen LogP contribution in [0.3, 0.4) is 0 Å². The lowest BCUT2D eigenvalue weighted by atomic mass is 10.0. The van der Waals surface area contributed by atoms with Gasteiger partial charge < -0.3 is 44.8 Å². The number of anilines is 1. The van der Waals surface area contributed by atoms with Gasteiger partial charge in [-0.05, 0) is 69.5 Å². The fraction of sp³-hybridized carbons (Fsp3) is 0.583. The number of hydrogen-bond acceptors (Lipinski definition) is 12. The van der Waals surface area contributed by atoms with Crippen molar-refractivity contribution in [2.45, 2.75) is 64.1 Å². The van der Waals surface area contributed by atoms with E-state index in [0.29, 0.717) is 73.8 Å². The molecule has 1 unspecified atom stereocenters. The predicted molar refractivity (Wildman–Crippen MR) is 200 cm³/mol. The summed E-state index contributed by atoms with van der Waals surface area (Å²) in [6.45, 7) is 8.18. The van der Waals surface area contributed by atoms with E-state index in [1.165, 1.54) is 18.1 Å². The molecule has 2 rings (SSSR count). The van der Waals surface area contributed by atoms with Gasteiger partial charge in [0.25, 0.3) is 0 Å². The van der Waals surface area contributed by atoms with E-state index >= 15 is 0 Å². The number of unbranched alkanes of at least 4 members (excludes halogenated alkanes) is 1. The first-order valence-corrected chi connectivity index (χ1v) is 18.1. The maximum Gasteiger partial charge on any atom is 0.416 e. The largest absolute Gasteiger partial charge is 0.469 e. The zero-order valence-corrected chi connectivity index (χ0v) is 32.4. The third-order valence-electron chi connectivity index (χ3n) is 7.09. The van der Waals surface area contributed by atoms with E-state index in [4.69, 9.17) is 57.4 Å². The van der Waals surface area contributed by atoms with Gasteiger partial charge in [0.2, 0.25) is 11.8 Å². The van der Waals surface area contributed by atoms with Gasteiger partial charge in [0.1, 0.15) is 17.5 Å². The van der Waals surface area contributed by atoms with Crippen molar-refractivity contribution in [1.29, 1.82) is 0 Å². The number of ether oxygens (including phenoxy) is 6. The molecule has 0 aliphatic heterocycles. The monoisotopic (exact) mass is 785 g/mol. The molecule has 0 saturated carbocycles. The van der Waals surface area contributed by atoms with Crippen molar-refractivity contribution in [1.82, 2.24) is 15.6 Å². The number of aromatic nitrogens is 1. The lowest BCUT2D eigenvalue weighted by molar-refractivity contribution is -0.141. The molecule has 2 atom stereocenters. The predicted octanol–water partition coefficient (Wildman–Crippen LogP) is 4.23. The van der Waals surface area contributed by atoms with Gasteiger partial charge in [-0.1, -0.05) is 29.3 Å². The first-order chi connectivity index (χ1) is 25.3. The summed E-state index contributed by atoms with van der Waals surface area (Å²) >= 11 is 12.4. The Kier molecular flexibility index (Phi) is 21.9. The summed E-state index contributed by atoms with van der Waals surface area (Å²) in [5, 5.41) is 6.15. The number of benzene rings is 1. The van der Waals surface area contributed by atoms with Crippen molar-refractivity contribution >= 4 is 52.9 Å². The van der Waals surface area contributed by atoms with Crippen LogP contribution in [-0.4, -0.2) is 114 Å². The first-order valence-electron chi connectivity index (χ1n) is 17.4. The highest BCUT2D eigenvalue weighted by Gasteiger charge is 2.27. The number of methoxy groups -OCH3 is 1. The van der Waals surface area contributed by atoms with Crippen LogP contribution in [0.15, 0.2) is 42.6 Å². The molecule has 1 heterocycles. The molecule has 2 aromatic rings. The van der Waals surface area contributed by atoms with E-state index < -0.39 is 41.6 Å². The van der Waals surface area contributed by atoms with Gasteiger partial charge in [0, 0.05) is 35.8 Å². The highest BCUT2D eigenvalue weighted by atomic mass is 35.5. The van der Waals surface area contributed by atoms with Crippen LogP contribution in [0.25, 0.3) is 0 Å². The number of pyridine rings is 1. The molecular weight excluding hydrogens is 733 g/mol. The van der Waals surface area contributed by atoms with Crippen molar-refractivity contribution in [3.63, 3.8) is 0 Å². The molecule has 0 aliphatic rings. The van der Waals surface area contributed by atoms with Gasteiger partial charge in [0.05, 0.1) is 72.4 Å². The second kappa shape index (κ2) is 25.4. The van der Waals surface area contributed by atoms with Crippen molar-refractivity contribution < 1.29 is 47.6 Å². The van der Waals surface area contributed by atoms with Gasteiger partial charge in [-0.3, -0.25) is 19.3 Å². The second-order valence-electron chi connectivity index (χ2n) is 12.6. The number of carbonyl (C=O) groups excluding carboxylic acids is 4. The molecule has 1 aromatic heterocycles. The summed E-state index contributed by atoms with van der Waals surface area (Å²) in [4.78, 5) is 57.7. The molecule has 15 nitrogen and oxygen atoms in total. The molecule has 0 saturated heterocycles. The van der Waals surface area contributed by atoms with E-state index in [0.717, 1.165) is 0 Å². The lowest BCUT2D eigenvalue weighted by Crippen LogP contribution is -2.50. The van der Waals surface area contributed by atoms with Crippen LogP contribution >= 0.6 is 23.2 Å². The van der Waals surface area contributed by atoms with E-state index in [1.807, 2.05) is 0 Å².